The number of aryl methyl sites for hydroxylation is 1. The smallest absolute Gasteiger partial charge is 0.346 e. The molecule has 0 aliphatic heterocycles. The largest absolute Gasteiger partial charge is 0.405 e. The summed E-state index contributed by atoms with van der Waals surface area (Å²) >= 11 is 0. The molecule has 1 heterocycles. The van der Waals surface area contributed by atoms with Crippen LogP contribution in [-0.2, 0) is 16.8 Å². The molecule has 42 heavy (non-hydrogen) atoms. The molecule has 0 spiro atoms. The molecule has 2 N–H and O–H groups in total. The third-order valence-electron chi connectivity index (χ3n) is 7.77. The Hall–Kier alpha value is -4.92. The van der Waals surface area contributed by atoms with Crippen molar-refractivity contribution in [1.82, 2.24) is 14.9 Å². The van der Waals surface area contributed by atoms with Crippen molar-refractivity contribution in [3.8, 4) is 11.1 Å². The number of hydrogen-bond donors (Lipinski definition) is 2. The summed E-state index contributed by atoms with van der Waals surface area (Å²) in [5, 5.41) is 5.06. The van der Waals surface area contributed by atoms with Gasteiger partial charge in [-0.05, 0) is 65.4 Å². The van der Waals surface area contributed by atoms with E-state index in [-0.39, 0.29) is 5.91 Å². The van der Waals surface area contributed by atoms with Crippen LogP contribution in [0.1, 0.15) is 34.3 Å². The summed E-state index contributed by atoms with van der Waals surface area (Å²) in [5.74, 6) is -0.882. The minimum Gasteiger partial charge on any atom is -0.346 e. The van der Waals surface area contributed by atoms with E-state index in [4.69, 9.17) is 0 Å². The zero-order chi connectivity index (χ0) is 29.3. The lowest BCUT2D eigenvalue weighted by atomic mass is 9.73. The summed E-state index contributed by atoms with van der Waals surface area (Å²) in [4.78, 5) is 30.8. The van der Waals surface area contributed by atoms with Crippen LogP contribution in [0.5, 0.6) is 0 Å². The lowest BCUT2D eigenvalue weighted by molar-refractivity contribution is -0.141. The van der Waals surface area contributed by atoms with Crippen LogP contribution in [0.15, 0.2) is 103 Å². The van der Waals surface area contributed by atoms with Gasteiger partial charge in [0, 0.05) is 17.8 Å². The van der Waals surface area contributed by atoms with Crippen LogP contribution in [0.3, 0.4) is 0 Å². The number of aromatic nitrogens is 2. The van der Waals surface area contributed by atoms with Gasteiger partial charge in [0.25, 0.3) is 5.91 Å². The Morgan fingerprint density at radius 2 is 1.48 bits per heavy atom. The maximum atomic E-state index is 13.7. The van der Waals surface area contributed by atoms with Crippen molar-refractivity contribution in [3.63, 3.8) is 0 Å². The number of halogens is 3. The van der Waals surface area contributed by atoms with E-state index < -0.39 is 24.0 Å². The normalized spacial score (nSPS) is 13.4. The number of carbonyl (C=O) groups excluding carboxylic acids is 2. The topological polar surface area (TPSA) is 76.0 Å². The predicted octanol–water partition coefficient (Wildman–Crippen LogP) is 6.71. The Balaban J connectivity index is 1.25. The number of nitrogens with zero attached hydrogens (tertiary/aromatic N) is 2. The number of amides is 2. The molecule has 6 nitrogen and oxygen atoms in total. The third kappa shape index (κ3) is 5.02. The van der Waals surface area contributed by atoms with E-state index in [1.165, 1.54) is 0 Å². The third-order valence-corrected chi connectivity index (χ3v) is 7.77. The van der Waals surface area contributed by atoms with Crippen molar-refractivity contribution in [2.24, 2.45) is 0 Å². The van der Waals surface area contributed by atoms with E-state index >= 15 is 0 Å². The quantitative estimate of drug-likeness (QED) is 0.218. The fourth-order valence-electron chi connectivity index (χ4n) is 5.91. The molecular formula is C33H27F3N4O2. The first-order valence-electron chi connectivity index (χ1n) is 13.6. The first-order valence-corrected chi connectivity index (χ1v) is 13.6. The van der Waals surface area contributed by atoms with Crippen molar-refractivity contribution < 1.29 is 22.8 Å². The lowest BCUT2D eigenvalue weighted by Crippen LogP contribution is -2.47. The van der Waals surface area contributed by atoms with Gasteiger partial charge in [-0.1, -0.05) is 66.7 Å². The molecule has 0 saturated carbocycles. The van der Waals surface area contributed by atoms with Gasteiger partial charge >= 0.3 is 6.18 Å². The second kappa shape index (κ2) is 10.8. The average molecular weight is 569 g/mol. The predicted molar refractivity (Wildman–Crippen MR) is 155 cm³/mol. The maximum Gasteiger partial charge on any atom is 0.405 e. The first kappa shape index (κ1) is 27.3. The van der Waals surface area contributed by atoms with E-state index in [9.17, 15) is 22.8 Å². The summed E-state index contributed by atoms with van der Waals surface area (Å²) in [5.41, 5.74) is 4.56. The van der Waals surface area contributed by atoms with Gasteiger partial charge in [0.15, 0.2) is 0 Å². The fraction of sp³-hybridized carbons (Fsp3) is 0.182. The van der Waals surface area contributed by atoms with Crippen LogP contribution in [0, 0.1) is 0 Å². The number of benzene rings is 4. The van der Waals surface area contributed by atoms with Crippen molar-refractivity contribution in [3.05, 3.63) is 120 Å². The summed E-state index contributed by atoms with van der Waals surface area (Å²) < 4.78 is 41.4. The Morgan fingerprint density at radius 3 is 2.14 bits per heavy atom. The van der Waals surface area contributed by atoms with E-state index in [0.717, 1.165) is 16.6 Å². The standard InChI is InChI=1S/C33H27F3N4O2/c34-33(35,36)20-37-31(42)32(26-13-6-4-11-24(26)25-12-5-7-14-27(25)32)17-8-18-40-21-38-28-19-23(15-16-29(28)40)39-30(41)22-9-2-1-3-10-22/h1-7,9-16,19,21H,8,17-18,20H2,(H,37,42)(H,39,41). The van der Waals surface area contributed by atoms with Crippen LogP contribution >= 0.6 is 0 Å². The monoisotopic (exact) mass is 568 g/mol. The van der Waals surface area contributed by atoms with E-state index in [1.807, 2.05) is 65.2 Å². The second-order valence-electron chi connectivity index (χ2n) is 10.4. The average Bonchev–Trinajstić information content (AvgIpc) is 3.53. The van der Waals surface area contributed by atoms with E-state index in [1.54, 1.807) is 42.7 Å². The molecule has 1 aliphatic rings. The molecule has 0 radical (unpaired) electrons. The molecule has 0 saturated heterocycles. The fourth-order valence-corrected chi connectivity index (χ4v) is 5.91. The highest BCUT2D eigenvalue weighted by atomic mass is 19.4. The van der Waals surface area contributed by atoms with Gasteiger partial charge in [-0.25, -0.2) is 4.98 Å². The molecule has 212 valence electrons. The number of fused-ring (bicyclic) bond motifs is 4. The van der Waals surface area contributed by atoms with Crippen LogP contribution in [0.4, 0.5) is 18.9 Å². The summed E-state index contributed by atoms with van der Waals surface area (Å²) in [6, 6.07) is 29.2. The number of anilines is 1. The van der Waals surface area contributed by atoms with Gasteiger partial charge in [0.05, 0.1) is 17.4 Å². The Morgan fingerprint density at radius 1 is 0.833 bits per heavy atom. The minimum absolute atomic E-state index is 0.222. The highest BCUT2D eigenvalue weighted by molar-refractivity contribution is 6.05. The molecule has 9 heteroatoms. The summed E-state index contributed by atoms with van der Waals surface area (Å²) in [6.07, 6.45) is -2.03. The zero-order valence-corrected chi connectivity index (χ0v) is 22.5. The molecule has 0 unspecified atom stereocenters. The molecule has 1 aliphatic carbocycles. The van der Waals surface area contributed by atoms with Gasteiger partial charge < -0.3 is 15.2 Å². The Bertz CT molecular complexity index is 1730. The minimum atomic E-state index is -4.52. The van der Waals surface area contributed by atoms with Gasteiger partial charge in [0.2, 0.25) is 5.91 Å². The molecule has 0 bridgehead atoms. The molecule has 1 aromatic heterocycles. The van der Waals surface area contributed by atoms with Crippen LogP contribution in [0.25, 0.3) is 22.2 Å². The van der Waals surface area contributed by atoms with E-state index in [2.05, 4.69) is 15.6 Å². The van der Waals surface area contributed by atoms with Crippen LogP contribution < -0.4 is 10.6 Å². The van der Waals surface area contributed by atoms with Crippen LogP contribution in [0.2, 0.25) is 0 Å². The van der Waals surface area contributed by atoms with Crippen molar-refractivity contribution >= 4 is 28.5 Å². The highest BCUT2D eigenvalue weighted by Crippen LogP contribution is 2.51. The second-order valence-corrected chi connectivity index (χ2v) is 10.4. The molecular weight excluding hydrogens is 541 g/mol. The SMILES string of the molecule is O=C(Nc1ccc2c(c1)ncn2CCCC1(C(=O)NCC(F)(F)F)c2ccccc2-c2ccccc21)c1ccccc1. The molecule has 0 atom stereocenters. The number of imidazole rings is 1. The number of nitrogens with one attached hydrogen (secondary N) is 2. The van der Waals surface area contributed by atoms with Crippen LogP contribution in [-0.4, -0.2) is 34.1 Å². The van der Waals surface area contributed by atoms with Crippen molar-refractivity contribution in [2.45, 2.75) is 31.0 Å². The zero-order valence-electron chi connectivity index (χ0n) is 22.5. The van der Waals surface area contributed by atoms with Gasteiger partial charge in [-0.3, -0.25) is 9.59 Å². The first-order chi connectivity index (χ1) is 20.3. The highest BCUT2D eigenvalue weighted by Gasteiger charge is 2.49. The van der Waals surface area contributed by atoms with E-state index in [0.29, 0.717) is 47.3 Å². The number of hydrogen-bond acceptors (Lipinski definition) is 3. The number of alkyl halides is 3. The number of carbonyl (C=O) groups is 2. The molecule has 0 fully saturated rings. The Labute approximate surface area is 240 Å². The van der Waals surface area contributed by atoms with Crippen molar-refractivity contribution in [2.75, 3.05) is 11.9 Å². The molecule has 6 rings (SSSR count). The molecule has 5 aromatic rings. The molecule has 2 amide bonds. The maximum absolute atomic E-state index is 13.7. The Kier molecular flexibility index (Phi) is 7.02. The molecule has 4 aromatic carbocycles. The van der Waals surface area contributed by atoms with Gasteiger partial charge in [-0.2, -0.15) is 13.2 Å². The lowest BCUT2D eigenvalue weighted by Gasteiger charge is -2.31. The number of rotatable bonds is 8. The van der Waals surface area contributed by atoms with Crippen molar-refractivity contribution in [1.29, 1.82) is 0 Å². The van der Waals surface area contributed by atoms with Gasteiger partial charge in [-0.15, -0.1) is 0 Å². The summed E-state index contributed by atoms with van der Waals surface area (Å²) in [6.45, 7) is -0.905. The van der Waals surface area contributed by atoms with Gasteiger partial charge in [0.1, 0.15) is 12.0 Å². The summed E-state index contributed by atoms with van der Waals surface area (Å²) in [7, 11) is 0.